The van der Waals surface area contributed by atoms with Crippen LogP contribution in [0.2, 0.25) is 0 Å². The van der Waals surface area contributed by atoms with Crippen molar-refractivity contribution in [1.82, 2.24) is 9.88 Å². The van der Waals surface area contributed by atoms with Crippen LogP contribution in [0.15, 0.2) is 41.4 Å². The molecular weight excluding hydrogens is 292 g/mol. The summed E-state index contributed by atoms with van der Waals surface area (Å²) >= 11 is 1.79. The first-order valence-corrected chi connectivity index (χ1v) is 8.79. The fourth-order valence-electron chi connectivity index (χ4n) is 3.38. The van der Waals surface area contributed by atoms with E-state index in [0.717, 1.165) is 25.4 Å². The second kappa shape index (κ2) is 6.23. The maximum absolute atomic E-state index is 5.87. The fourth-order valence-corrected chi connectivity index (χ4v) is 4.15. The summed E-state index contributed by atoms with van der Waals surface area (Å²) in [6.45, 7) is 4.03. The molecule has 0 aliphatic carbocycles. The Morgan fingerprint density at radius 2 is 2.27 bits per heavy atom. The molecule has 2 aliphatic heterocycles. The lowest BCUT2D eigenvalue weighted by atomic mass is 9.98. The molecule has 0 N–H and O–H groups in total. The molecule has 0 saturated carbocycles. The Bertz CT molecular complexity index is 665. The van der Waals surface area contributed by atoms with Crippen molar-refractivity contribution in [3.8, 4) is 5.75 Å². The molecule has 0 radical (unpaired) electrons. The molecule has 2 aliphatic rings. The van der Waals surface area contributed by atoms with E-state index in [1.54, 1.807) is 11.3 Å². The van der Waals surface area contributed by atoms with E-state index in [-0.39, 0.29) is 0 Å². The molecule has 2 aromatic rings. The molecule has 4 heteroatoms. The molecule has 0 spiro atoms. The van der Waals surface area contributed by atoms with Gasteiger partial charge < -0.3 is 4.74 Å². The third kappa shape index (κ3) is 2.94. The minimum atomic E-state index is 0.603. The number of benzene rings is 1. The van der Waals surface area contributed by atoms with Crippen molar-refractivity contribution in [2.24, 2.45) is 0 Å². The SMILES string of the molecule is C1=C(CN2CCC[C@@H](c3nccs3)C2)COc2ccccc21. The molecule has 1 aromatic heterocycles. The Hall–Kier alpha value is -1.65. The number of para-hydroxylation sites is 1. The summed E-state index contributed by atoms with van der Waals surface area (Å²) < 4.78 is 5.87. The van der Waals surface area contributed by atoms with Gasteiger partial charge in [0.1, 0.15) is 12.4 Å². The van der Waals surface area contributed by atoms with Crippen LogP contribution in [0.4, 0.5) is 0 Å². The Balaban J connectivity index is 1.44. The molecule has 1 fully saturated rings. The number of nitrogens with zero attached hydrogens (tertiary/aromatic N) is 2. The number of likely N-dealkylation sites (tertiary alicyclic amines) is 1. The topological polar surface area (TPSA) is 25.4 Å². The number of hydrogen-bond acceptors (Lipinski definition) is 4. The number of aromatic nitrogens is 1. The van der Waals surface area contributed by atoms with Gasteiger partial charge in [0.25, 0.3) is 0 Å². The number of fused-ring (bicyclic) bond motifs is 1. The Morgan fingerprint density at radius 3 is 3.18 bits per heavy atom. The van der Waals surface area contributed by atoms with Gasteiger partial charge in [-0.1, -0.05) is 18.2 Å². The van der Waals surface area contributed by atoms with Gasteiger partial charge in [-0.3, -0.25) is 4.90 Å². The van der Waals surface area contributed by atoms with Crippen LogP contribution in [-0.2, 0) is 0 Å². The summed E-state index contributed by atoms with van der Waals surface area (Å²) in [7, 11) is 0. The first-order valence-electron chi connectivity index (χ1n) is 7.91. The van der Waals surface area contributed by atoms with Gasteiger partial charge >= 0.3 is 0 Å². The monoisotopic (exact) mass is 312 g/mol. The van der Waals surface area contributed by atoms with Crippen LogP contribution in [0.25, 0.3) is 6.08 Å². The molecule has 3 nitrogen and oxygen atoms in total. The lowest BCUT2D eigenvalue weighted by Crippen LogP contribution is -2.36. The minimum Gasteiger partial charge on any atom is -0.489 e. The van der Waals surface area contributed by atoms with Crippen LogP contribution in [0, 0.1) is 0 Å². The third-order valence-electron chi connectivity index (χ3n) is 4.42. The second-order valence-electron chi connectivity index (χ2n) is 6.07. The third-order valence-corrected chi connectivity index (χ3v) is 5.36. The Labute approximate surface area is 135 Å². The zero-order chi connectivity index (χ0) is 14.8. The van der Waals surface area contributed by atoms with Gasteiger partial charge in [0, 0.05) is 36.1 Å². The molecule has 1 atom stereocenters. The van der Waals surface area contributed by atoms with Gasteiger partial charge in [0.15, 0.2) is 0 Å². The number of piperidine rings is 1. The molecular formula is C18H20N2OS. The Morgan fingerprint density at radius 1 is 1.32 bits per heavy atom. The first kappa shape index (κ1) is 14.0. The van der Waals surface area contributed by atoms with E-state index in [2.05, 4.69) is 33.5 Å². The smallest absolute Gasteiger partial charge is 0.127 e. The average molecular weight is 312 g/mol. The van der Waals surface area contributed by atoms with Crippen LogP contribution in [0.1, 0.15) is 29.3 Å². The van der Waals surface area contributed by atoms with Crippen molar-refractivity contribution < 1.29 is 4.74 Å². The lowest BCUT2D eigenvalue weighted by Gasteiger charge is -2.33. The average Bonchev–Trinajstić information content (AvgIpc) is 3.10. The zero-order valence-corrected chi connectivity index (χ0v) is 13.4. The highest BCUT2D eigenvalue weighted by molar-refractivity contribution is 7.09. The highest BCUT2D eigenvalue weighted by Gasteiger charge is 2.24. The summed E-state index contributed by atoms with van der Waals surface area (Å²) in [5, 5.41) is 3.38. The standard InChI is InChI=1S/C18H20N2OS/c1-2-6-17-15(4-1)10-14(13-21-17)11-20-8-3-5-16(12-20)18-19-7-9-22-18/h1-2,4,6-7,9-10,16H,3,5,8,11-13H2/t16-/m1/s1. The first-order chi connectivity index (χ1) is 10.9. The lowest BCUT2D eigenvalue weighted by molar-refractivity contribution is 0.214. The van der Waals surface area contributed by atoms with Gasteiger partial charge in [-0.2, -0.15) is 0 Å². The summed E-state index contributed by atoms with van der Waals surface area (Å²) in [4.78, 5) is 7.06. The number of thiazole rings is 1. The molecule has 0 unspecified atom stereocenters. The molecule has 22 heavy (non-hydrogen) atoms. The molecule has 0 bridgehead atoms. The molecule has 0 amide bonds. The van der Waals surface area contributed by atoms with E-state index in [1.807, 2.05) is 18.3 Å². The van der Waals surface area contributed by atoms with Crippen LogP contribution in [0.3, 0.4) is 0 Å². The summed E-state index contributed by atoms with van der Waals surface area (Å²) in [5.41, 5.74) is 2.58. The van der Waals surface area contributed by atoms with Crippen LogP contribution in [0.5, 0.6) is 5.75 Å². The maximum Gasteiger partial charge on any atom is 0.127 e. The normalized spacial score (nSPS) is 21.8. The van der Waals surface area contributed by atoms with Gasteiger partial charge in [-0.25, -0.2) is 4.98 Å². The minimum absolute atomic E-state index is 0.603. The molecule has 4 rings (SSSR count). The van der Waals surface area contributed by atoms with Gasteiger partial charge in [0.2, 0.25) is 0 Å². The van der Waals surface area contributed by atoms with Crippen molar-refractivity contribution in [1.29, 1.82) is 0 Å². The van der Waals surface area contributed by atoms with Crippen molar-refractivity contribution in [3.63, 3.8) is 0 Å². The zero-order valence-electron chi connectivity index (χ0n) is 12.6. The van der Waals surface area contributed by atoms with E-state index >= 15 is 0 Å². The predicted octanol–water partition coefficient (Wildman–Crippen LogP) is 3.80. The van der Waals surface area contributed by atoms with Crippen LogP contribution in [-0.4, -0.2) is 36.1 Å². The van der Waals surface area contributed by atoms with E-state index in [1.165, 1.54) is 35.5 Å². The van der Waals surface area contributed by atoms with E-state index < -0.39 is 0 Å². The Kier molecular flexibility index (Phi) is 3.95. The molecule has 114 valence electrons. The predicted molar refractivity (Wildman–Crippen MR) is 90.4 cm³/mol. The highest BCUT2D eigenvalue weighted by atomic mass is 32.1. The largest absolute Gasteiger partial charge is 0.489 e. The van der Waals surface area contributed by atoms with Gasteiger partial charge in [-0.15, -0.1) is 11.3 Å². The van der Waals surface area contributed by atoms with Crippen LogP contribution >= 0.6 is 11.3 Å². The second-order valence-corrected chi connectivity index (χ2v) is 7.00. The van der Waals surface area contributed by atoms with Crippen molar-refractivity contribution in [2.75, 3.05) is 26.2 Å². The number of ether oxygens (including phenoxy) is 1. The van der Waals surface area contributed by atoms with Crippen molar-refractivity contribution >= 4 is 17.4 Å². The van der Waals surface area contributed by atoms with E-state index in [9.17, 15) is 0 Å². The summed E-state index contributed by atoms with van der Waals surface area (Å²) in [6.07, 6.45) is 6.75. The quantitative estimate of drug-likeness (QED) is 0.862. The van der Waals surface area contributed by atoms with Crippen molar-refractivity contribution in [2.45, 2.75) is 18.8 Å². The van der Waals surface area contributed by atoms with Gasteiger partial charge in [0.05, 0.1) is 5.01 Å². The summed E-state index contributed by atoms with van der Waals surface area (Å²) in [6, 6.07) is 8.27. The maximum atomic E-state index is 5.87. The highest BCUT2D eigenvalue weighted by Crippen LogP contribution is 2.30. The van der Waals surface area contributed by atoms with E-state index in [4.69, 9.17) is 4.74 Å². The fraction of sp³-hybridized carbons (Fsp3) is 0.389. The number of rotatable bonds is 3. The van der Waals surface area contributed by atoms with Gasteiger partial charge in [-0.05, 0) is 37.1 Å². The van der Waals surface area contributed by atoms with E-state index in [0.29, 0.717) is 5.92 Å². The molecule has 1 aromatic carbocycles. The summed E-state index contributed by atoms with van der Waals surface area (Å²) in [5.74, 6) is 1.61. The number of hydrogen-bond donors (Lipinski definition) is 0. The molecule has 3 heterocycles. The molecule has 1 saturated heterocycles. The van der Waals surface area contributed by atoms with Crippen molar-refractivity contribution in [3.05, 3.63) is 52.0 Å². The van der Waals surface area contributed by atoms with Crippen LogP contribution < -0.4 is 4.74 Å².